The SMILES string of the molecule is CCc1nn(C)c2c1nc(CCl)n2C(C)CC(C)C. The van der Waals surface area contributed by atoms with Crippen molar-refractivity contribution in [2.45, 2.75) is 52.5 Å². The van der Waals surface area contributed by atoms with Crippen molar-refractivity contribution in [1.82, 2.24) is 19.3 Å². The predicted octanol–water partition coefficient (Wildman–Crippen LogP) is 3.68. The van der Waals surface area contributed by atoms with Crippen molar-refractivity contribution >= 4 is 22.8 Å². The van der Waals surface area contributed by atoms with Crippen molar-refractivity contribution < 1.29 is 0 Å². The van der Waals surface area contributed by atoms with E-state index in [1.54, 1.807) is 0 Å². The predicted molar refractivity (Wildman–Crippen MR) is 79.6 cm³/mol. The highest BCUT2D eigenvalue weighted by molar-refractivity contribution is 6.16. The lowest BCUT2D eigenvalue weighted by molar-refractivity contribution is 0.423. The number of aryl methyl sites for hydroxylation is 2. The summed E-state index contributed by atoms with van der Waals surface area (Å²) in [5.74, 6) is 2.04. The smallest absolute Gasteiger partial charge is 0.158 e. The fraction of sp³-hybridized carbons (Fsp3) is 0.714. The summed E-state index contributed by atoms with van der Waals surface area (Å²) in [6.07, 6.45) is 2.01. The van der Waals surface area contributed by atoms with E-state index in [4.69, 9.17) is 16.6 Å². The minimum Gasteiger partial charge on any atom is -0.309 e. The van der Waals surface area contributed by atoms with Crippen LogP contribution in [-0.2, 0) is 19.3 Å². The molecular weight excluding hydrogens is 260 g/mol. The molecule has 5 heteroatoms. The first-order valence-corrected chi connectivity index (χ1v) is 7.51. The van der Waals surface area contributed by atoms with E-state index < -0.39 is 0 Å². The normalized spacial score (nSPS) is 13.6. The summed E-state index contributed by atoms with van der Waals surface area (Å²) in [5, 5.41) is 4.56. The molecule has 19 heavy (non-hydrogen) atoms. The Balaban J connectivity index is 2.60. The van der Waals surface area contributed by atoms with Gasteiger partial charge in [0.25, 0.3) is 0 Å². The number of hydrogen-bond acceptors (Lipinski definition) is 2. The van der Waals surface area contributed by atoms with Crippen LogP contribution in [-0.4, -0.2) is 19.3 Å². The molecule has 2 aromatic heterocycles. The lowest BCUT2D eigenvalue weighted by Gasteiger charge is -2.18. The summed E-state index contributed by atoms with van der Waals surface area (Å²) in [6.45, 7) is 8.83. The number of aromatic nitrogens is 4. The monoisotopic (exact) mass is 282 g/mol. The Morgan fingerprint density at radius 2 is 1.95 bits per heavy atom. The van der Waals surface area contributed by atoms with Crippen molar-refractivity contribution in [2.24, 2.45) is 13.0 Å². The third kappa shape index (κ3) is 2.50. The molecule has 1 unspecified atom stereocenters. The van der Waals surface area contributed by atoms with E-state index in [-0.39, 0.29) is 0 Å². The Hall–Kier alpha value is -1.03. The third-order valence-corrected chi connectivity index (χ3v) is 3.76. The molecule has 0 spiro atoms. The average Bonchev–Trinajstić information content (AvgIpc) is 2.86. The molecular formula is C14H23ClN4. The van der Waals surface area contributed by atoms with E-state index >= 15 is 0 Å². The van der Waals surface area contributed by atoms with Crippen LogP contribution in [0.1, 0.15) is 51.7 Å². The van der Waals surface area contributed by atoms with Crippen LogP contribution in [0.15, 0.2) is 0 Å². The number of halogens is 1. The Morgan fingerprint density at radius 1 is 1.26 bits per heavy atom. The molecule has 2 heterocycles. The molecule has 0 radical (unpaired) electrons. The van der Waals surface area contributed by atoms with Crippen LogP contribution in [0.4, 0.5) is 0 Å². The molecule has 0 N–H and O–H groups in total. The number of fused-ring (bicyclic) bond motifs is 1. The van der Waals surface area contributed by atoms with Gasteiger partial charge < -0.3 is 4.57 Å². The molecule has 0 saturated heterocycles. The van der Waals surface area contributed by atoms with Gasteiger partial charge in [0.2, 0.25) is 0 Å². The first kappa shape index (κ1) is 14.4. The molecule has 0 aliphatic heterocycles. The summed E-state index contributed by atoms with van der Waals surface area (Å²) in [5.41, 5.74) is 3.16. The highest BCUT2D eigenvalue weighted by Crippen LogP contribution is 2.27. The van der Waals surface area contributed by atoms with Gasteiger partial charge in [0.1, 0.15) is 11.3 Å². The molecule has 0 aliphatic carbocycles. The van der Waals surface area contributed by atoms with Gasteiger partial charge in [-0.25, -0.2) is 4.98 Å². The Bertz CT molecular complexity index is 568. The second kappa shape index (κ2) is 5.53. The second-order valence-electron chi connectivity index (χ2n) is 5.61. The number of imidazole rings is 1. The maximum atomic E-state index is 6.08. The molecule has 106 valence electrons. The molecule has 0 aromatic carbocycles. The third-order valence-electron chi connectivity index (χ3n) is 3.52. The standard InChI is InChI=1S/C14H23ClN4/c1-6-11-13-14(18(5)17-11)19(12(8-15)16-13)10(4)7-9(2)3/h9-10H,6-8H2,1-5H3. The van der Waals surface area contributed by atoms with E-state index in [0.717, 1.165) is 35.5 Å². The van der Waals surface area contributed by atoms with E-state index in [0.29, 0.717) is 17.8 Å². The zero-order valence-electron chi connectivity index (χ0n) is 12.4. The highest BCUT2D eigenvalue weighted by Gasteiger charge is 2.21. The largest absolute Gasteiger partial charge is 0.309 e. The quantitative estimate of drug-likeness (QED) is 0.784. The zero-order valence-corrected chi connectivity index (χ0v) is 13.2. The molecule has 2 rings (SSSR count). The molecule has 2 aromatic rings. The topological polar surface area (TPSA) is 35.6 Å². The lowest BCUT2D eigenvalue weighted by atomic mass is 10.1. The van der Waals surface area contributed by atoms with Gasteiger partial charge in [0.05, 0.1) is 11.6 Å². The molecule has 0 bridgehead atoms. The summed E-state index contributed by atoms with van der Waals surface area (Å²) < 4.78 is 4.20. The Morgan fingerprint density at radius 3 is 2.47 bits per heavy atom. The maximum absolute atomic E-state index is 6.08. The van der Waals surface area contributed by atoms with Crippen molar-refractivity contribution in [2.75, 3.05) is 0 Å². The van der Waals surface area contributed by atoms with Crippen LogP contribution in [0.2, 0.25) is 0 Å². The number of rotatable bonds is 5. The molecule has 0 amide bonds. The molecule has 0 aliphatic rings. The van der Waals surface area contributed by atoms with Crippen LogP contribution in [0.3, 0.4) is 0 Å². The van der Waals surface area contributed by atoms with Crippen molar-refractivity contribution in [3.05, 3.63) is 11.5 Å². The molecule has 0 fully saturated rings. The van der Waals surface area contributed by atoms with Gasteiger partial charge in [-0.05, 0) is 25.7 Å². The van der Waals surface area contributed by atoms with Crippen LogP contribution in [0.25, 0.3) is 11.2 Å². The van der Waals surface area contributed by atoms with Gasteiger partial charge in [0.15, 0.2) is 5.65 Å². The van der Waals surface area contributed by atoms with Gasteiger partial charge in [-0.15, -0.1) is 11.6 Å². The summed E-state index contributed by atoms with van der Waals surface area (Å²) >= 11 is 6.08. The van der Waals surface area contributed by atoms with E-state index in [1.807, 2.05) is 11.7 Å². The van der Waals surface area contributed by atoms with E-state index in [1.165, 1.54) is 0 Å². The van der Waals surface area contributed by atoms with Gasteiger partial charge in [-0.2, -0.15) is 5.10 Å². The van der Waals surface area contributed by atoms with Crippen molar-refractivity contribution in [3.8, 4) is 0 Å². The van der Waals surface area contributed by atoms with Gasteiger partial charge in [0, 0.05) is 13.1 Å². The zero-order chi connectivity index (χ0) is 14.2. The van der Waals surface area contributed by atoms with Crippen LogP contribution in [0, 0.1) is 5.92 Å². The first-order chi connectivity index (χ1) is 8.99. The van der Waals surface area contributed by atoms with Crippen LogP contribution < -0.4 is 0 Å². The summed E-state index contributed by atoms with van der Waals surface area (Å²) in [7, 11) is 1.99. The summed E-state index contributed by atoms with van der Waals surface area (Å²) in [4.78, 5) is 4.70. The average molecular weight is 283 g/mol. The van der Waals surface area contributed by atoms with Crippen LogP contribution in [0.5, 0.6) is 0 Å². The fourth-order valence-electron chi connectivity index (χ4n) is 2.83. The minimum atomic E-state index is 0.388. The highest BCUT2D eigenvalue weighted by atomic mass is 35.5. The molecule has 0 saturated carbocycles. The number of hydrogen-bond donors (Lipinski definition) is 0. The van der Waals surface area contributed by atoms with E-state index in [2.05, 4.69) is 37.4 Å². The minimum absolute atomic E-state index is 0.388. The van der Waals surface area contributed by atoms with Gasteiger partial charge in [-0.3, -0.25) is 4.68 Å². The second-order valence-corrected chi connectivity index (χ2v) is 5.87. The van der Waals surface area contributed by atoms with Crippen LogP contribution >= 0.6 is 11.6 Å². The first-order valence-electron chi connectivity index (χ1n) is 6.98. The Labute approximate surface area is 119 Å². The lowest BCUT2D eigenvalue weighted by Crippen LogP contribution is -2.13. The summed E-state index contributed by atoms with van der Waals surface area (Å²) in [6, 6.07) is 0.388. The van der Waals surface area contributed by atoms with Crippen molar-refractivity contribution in [3.63, 3.8) is 0 Å². The van der Waals surface area contributed by atoms with Gasteiger partial charge in [-0.1, -0.05) is 20.8 Å². The number of alkyl halides is 1. The van der Waals surface area contributed by atoms with E-state index in [9.17, 15) is 0 Å². The molecule has 4 nitrogen and oxygen atoms in total. The maximum Gasteiger partial charge on any atom is 0.158 e. The Kier molecular flexibility index (Phi) is 4.19. The van der Waals surface area contributed by atoms with Crippen molar-refractivity contribution in [1.29, 1.82) is 0 Å². The fourth-order valence-corrected chi connectivity index (χ4v) is 3.02. The molecule has 1 atom stereocenters. The number of nitrogens with zero attached hydrogens (tertiary/aromatic N) is 4. The van der Waals surface area contributed by atoms with Gasteiger partial charge >= 0.3 is 0 Å².